The molecule has 3 rings (SSSR count). The largest absolute Gasteiger partial charge is 0.372 e. The van der Waals surface area contributed by atoms with E-state index in [1.165, 1.54) is 0 Å². The average Bonchev–Trinajstić information content (AvgIpc) is 2.86. The van der Waals surface area contributed by atoms with Crippen molar-refractivity contribution in [3.8, 4) is 0 Å². The highest BCUT2D eigenvalue weighted by atomic mass is 16.5. The van der Waals surface area contributed by atoms with Crippen LogP contribution in [0.15, 0.2) is 24.3 Å². The van der Waals surface area contributed by atoms with E-state index in [2.05, 4.69) is 5.32 Å². The molecule has 0 aromatic heterocycles. The summed E-state index contributed by atoms with van der Waals surface area (Å²) >= 11 is 0. The minimum Gasteiger partial charge on any atom is -0.372 e. The van der Waals surface area contributed by atoms with E-state index >= 15 is 0 Å². The maximum absolute atomic E-state index is 12.9. The van der Waals surface area contributed by atoms with Gasteiger partial charge in [-0.1, -0.05) is 18.2 Å². The van der Waals surface area contributed by atoms with Crippen LogP contribution in [-0.2, 0) is 16.1 Å². The van der Waals surface area contributed by atoms with Crippen molar-refractivity contribution in [1.82, 2.24) is 15.1 Å². The van der Waals surface area contributed by atoms with Crippen LogP contribution >= 0.6 is 0 Å². The number of hydrogen-bond acceptors (Lipinski definition) is 4. The number of carbonyl (C=O) groups excluding carboxylic acids is 3. The Kier molecular flexibility index (Phi) is 4.53. The van der Waals surface area contributed by atoms with Crippen LogP contribution in [0.2, 0.25) is 0 Å². The van der Waals surface area contributed by atoms with Gasteiger partial charge in [0.05, 0.1) is 25.3 Å². The molecule has 7 heteroatoms. The lowest BCUT2D eigenvalue weighted by Crippen LogP contribution is -2.48. The maximum atomic E-state index is 12.9. The SMILES string of the molecule is C[C@H]1CN(C(=O)c2ccccc2CN2C(=O)CNC2=O)C[C@H](C)O1. The molecule has 2 fully saturated rings. The lowest BCUT2D eigenvalue weighted by molar-refractivity contribution is -0.125. The molecule has 0 bridgehead atoms. The third-order valence-corrected chi connectivity index (χ3v) is 4.22. The molecule has 0 aliphatic carbocycles. The fourth-order valence-corrected chi connectivity index (χ4v) is 3.17. The third kappa shape index (κ3) is 3.26. The summed E-state index contributed by atoms with van der Waals surface area (Å²) < 4.78 is 5.67. The van der Waals surface area contributed by atoms with Crippen LogP contribution < -0.4 is 5.32 Å². The number of hydrogen-bond donors (Lipinski definition) is 1. The lowest BCUT2D eigenvalue weighted by atomic mass is 10.0. The molecule has 0 unspecified atom stereocenters. The van der Waals surface area contributed by atoms with Gasteiger partial charge >= 0.3 is 6.03 Å². The normalized spacial score (nSPS) is 24.2. The van der Waals surface area contributed by atoms with Gasteiger partial charge in [0.1, 0.15) is 0 Å². The molecule has 2 saturated heterocycles. The number of rotatable bonds is 3. The van der Waals surface area contributed by atoms with E-state index in [1.807, 2.05) is 13.8 Å². The van der Waals surface area contributed by atoms with Crippen molar-refractivity contribution in [3.63, 3.8) is 0 Å². The summed E-state index contributed by atoms with van der Waals surface area (Å²) in [6.07, 6.45) is -0.0356. The molecule has 1 N–H and O–H groups in total. The molecule has 128 valence electrons. The number of amides is 4. The first-order valence-corrected chi connectivity index (χ1v) is 8.06. The first-order valence-electron chi connectivity index (χ1n) is 8.06. The predicted molar refractivity (Wildman–Crippen MR) is 86.3 cm³/mol. The van der Waals surface area contributed by atoms with E-state index in [0.717, 1.165) is 4.90 Å². The first-order chi connectivity index (χ1) is 11.5. The quantitative estimate of drug-likeness (QED) is 0.838. The molecule has 0 saturated carbocycles. The standard InChI is InChI=1S/C17H21N3O4/c1-11-8-19(9-12(2)24-11)16(22)14-6-4-3-5-13(14)10-20-15(21)7-18-17(20)23/h3-6,11-12H,7-10H2,1-2H3,(H,18,23)/t11-,12-/m0/s1. The van der Waals surface area contributed by atoms with E-state index in [-0.39, 0.29) is 37.1 Å². The highest BCUT2D eigenvalue weighted by Gasteiger charge is 2.31. The molecular weight excluding hydrogens is 310 g/mol. The van der Waals surface area contributed by atoms with Gasteiger partial charge in [-0.25, -0.2) is 4.79 Å². The van der Waals surface area contributed by atoms with Crippen LogP contribution in [0, 0.1) is 0 Å². The summed E-state index contributed by atoms with van der Waals surface area (Å²) in [5.74, 6) is -0.379. The Balaban J connectivity index is 1.82. The van der Waals surface area contributed by atoms with Gasteiger partial charge in [0, 0.05) is 18.7 Å². The lowest BCUT2D eigenvalue weighted by Gasteiger charge is -2.35. The summed E-state index contributed by atoms with van der Waals surface area (Å²) in [6.45, 7) is 5.04. The summed E-state index contributed by atoms with van der Waals surface area (Å²) in [5, 5.41) is 2.49. The van der Waals surface area contributed by atoms with Crippen molar-refractivity contribution in [1.29, 1.82) is 0 Å². The van der Waals surface area contributed by atoms with Crippen LogP contribution in [0.25, 0.3) is 0 Å². The minimum atomic E-state index is -0.420. The Bertz CT molecular complexity index is 650. The Labute approximate surface area is 140 Å². The van der Waals surface area contributed by atoms with Gasteiger partial charge in [0.2, 0.25) is 5.91 Å². The number of benzene rings is 1. The summed E-state index contributed by atoms with van der Waals surface area (Å²) in [5.41, 5.74) is 1.19. The monoisotopic (exact) mass is 331 g/mol. The number of urea groups is 1. The summed E-state index contributed by atoms with van der Waals surface area (Å²) in [7, 11) is 0. The van der Waals surface area contributed by atoms with Crippen LogP contribution in [0.4, 0.5) is 4.79 Å². The number of ether oxygens (including phenoxy) is 1. The Hall–Kier alpha value is -2.41. The zero-order chi connectivity index (χ0) is 17.3. The number of morpholine rings is 1. The molecular formula is C17H21N3O4. The maximum Gasteiger partial charge on any atom is 0.324 e. The Morgan fingerprint density at radius 1 is 1.21 bits per heavy atom. The number of carbonyl (C=O) groups is 3. The van der Waals surface area contributed by atoms with Crippen LogP contribution in [0.5, 0.6) is 0 Å². The molecule has 4 amide bonds. The number of nitrogens with one attached hydrogen (secondary N) is 1. The van der Waals surface area contributed by atoms with E-state index in [9.17, 15) is 14.4 Å². The summed E-state index contributed by atoms with van der Waals surface area (Å²) in [6, 6.07) is 6.68. The van der Waals surface area contributed by atoms with Gasteiger partial charge in [0.15, 0.2) is 0 Å². The van der Waals surface area contributed by atoms with Crippen molar-refractivity contribution in [3.05, 3.63) is 35.4 Å². The van der Waals surface area contributed by atoms with Gasteiger partial charge < -0.3 is 15.0 Å². The van der Waals surface area contributed by atoms with Gasteiger partial charge in [-0.2, -0.15) is 0 Å². The number of imide groups is 1. The van der Waals surface area contributed by atoms with Gasteiger partial charge in [-0.15, -0.1) is 0 Å². The highest BCUT2D eigenvalue weighted by Crippen LogP contribution is 2.19. The van der Waals surface area contributed by atoms with Crippen molar-refractivity contribution in [2.24, 2.45) is 0 Å². The van der Waals surface area contributed by atoms with Crippen molar-refractivity contribution in [2.75, 3.05) is 19.6 Å². The second kappa shape index (κ2) is 6.60. The molecule has 2 aliphatic rings. The number of nitrogens with zero attached hydrogens (tertiary/aromatic N) is 2. The molecule has 7 nitrogen and oxygen atoms in total. The van der Waals surface area contributed by atoms with Crippen molar-refractivity contribution in [2.45, 2.75) is 32.6 Å². The van der Waals surface area contributed by atoms with E-state index in [1.54, 1.807) is 29.2 Å². The fraction of sp³-hybridized carbons (Fsp3) is 0.471. The smallest absolute Gasteiger partial charge is 0.324 e. The Morgan fingerprint density at radius 2 is 1.88 bits per heavy atom. The molecule has 2 atom stereocenters. The van der Waals surface area contributed by atoms with Crippen molar-refractivity contribution < 1.29 is 19.1 Å². The average molecular weight is 331 g/mol. The molecule has 1 aromatic rings. The van der Waals surface area contributed by atoms with Crippen molar-refractivity contribution >= 4 is 17.8 Å². The fourth-order valence-electron chi connectivity index (χ4n) is 3.17. The first kappa shape index (κ1) is 16.4. The zero-order valence-corrected chi connectivity index (χ0v) is 13.8. The second-order valence-electron chi connectivity index (χ2n) is 6.26. The molecule has 0 radical (unpaired) electrons. The highest BCUT2D eigenvalue weighted by molar-refractivity contribution is 6.02. The Morgan fingerprint density at radius 3 is 2.50 bits per heavy atom. The van der Waals surface area contributed by atoms with Crippen LogP contribution in [0.1, 0.15) is 29.8 Å². The van der Waals surface area contributed by atoms with E-state index < -0.39 is 6.03 Å². The molecule has 2 heterocycles. The molecule has 1 aromatic carbocycles. The zero-order valence-electron chi connectivity index (χ0n) is 13.8. The summed E-state index contributed by atoms with van der Waals surface area (Å²) in [4.78, 5) is 39.3. The molecule has 2 aliphatic heterocycles. The van der Waals surface area contributed by atoms with Gasteiger partial charge in [-0.05, 0) is 25.5 Å². The molecule has 24 heavy (non-hydrogen) atoms. The third-order valence-electron chi connectivity index (χ3n) is 4.22. The van der Waals surface area contributed by atoms with Gasteiger partial charge in [-0.3, -0.25) is 14.5 Å². The van der Waals surface area contributed by atoms with Gasteiger partial charge in [0.25, 0.3) is 5.91 Å². The van der Waals surface area contributed by atoms with Crippen LogP contribution in [-0.4, -0.2) is 59.5 Å². The predicted octanol–water partition coefficient (Wildman–Crippen LogP) is 0.988. The van der Waals surface area contributed by atoms with E-state index in [4.69, 9.17) is 4.74 Å². The topological polar surface area (TPSA) is 79.0 Å². The van der Waals surface area contributed by atoms with E-state index in [0.29, 0.717) is 24.2 Å². The molecule has 0 spiro atoms. The second-order valence-corrected chi connectivity index (χ2v) is 6.26. The van der Waals surface area contributed by atoms with Crippen LogP contribution in [0.3, 0.4) is 0 Å². The minimum absolute atomic E-state index is 0.00738.